The van der Waals surface area contributed by atoms with Crippen molar-refractivity contribution in [3.05, 3.63) is 11.8 Å². The zero-order chi connectivity index (χ0) is 9.64. The average molecular weight is 180 g/mol. The molecule has 0 aromatic heterocycles. The van der Waals surface area contributed by atoms with Crippen molar-refractivity contribution in [2.75, 3.05) is 0 Å². The highest BCUT2D eigenvalue weighted by molar-refractivity contribution is 5.67. The molecule has 0 aromatic carbocycles. The number of carbonyl (C=O) groups is 1. The van der Waals surface area contributed by atoms with Crippen LogP contribution in [-0.2, 0) is 9.53 Å². The lowest BCUT2D eigenvalue weighted by Gasteiger charge is -2.55. The van der Waals surface area contributed by atoms with Crippen LogP contribution >= 0.6 is 0 Å². The third kappa shape index (κ3) is 1.19. The molecule has 0 unspecified atom stereocenters. The molecule has 2 bridgehead atoms. The van der Waals surface area contributed by atoms with E-state index in [1.165, 1.54) is 13.3 Å². The van der Waals surface area contributed by atoms with Gasteiger partial charge in [-0.25, -0.2) is 0 Å². The van der Waals surface area contributed by atoms with Crippen LogP contribution in [0.1, 0.15) is 33.6 Å². The van der Waals surface area contributed by atoms with Crippen LogP contribution in [-0.4, -0.2) is 5.97 Å². The first-order valence-electron chi connectivity index (χ1n) is 4.90. The fourth-order valence-electron chi connectivity index (χ4n) is 2.58. The summed E-state index contributed by atoms with van der Waals surface area (Å²) in [6.07, 6.45) is 4.36. The van der Waals surface area contributed by atoms with E-state index in [2.05, 4.69) is 19.9 Å². The van der Waals surface area contributed by atoms with Crippen LogP contribution in [0.2, 0.25) is 0 Å². The molecule has 2 nitrogen and oxygen atoms in total. The summed E-state index contributed by atoms with van der Waals surface area (Å²) in [5, 5.41) is 0. The van der Waals surface area contributed by atoms with Crippen LogP contribution in [0, 0.1) is 17.3 Å². The van der Waals surface area contributed by atoms with E-state index >= 15 is 0 Å². The molecule has 0 N–H and O–H groups in total. The van der Waals surface area contributed by atoms with Gasteiger partial charge >= 0.3 is 5.97 Å². The molecule has 3 aliphatic rings. The van der Waals surface area contributed by atoms with E-state index in [0.717, 1.165) is 18.1 Å². The van der Waals surface area contributed by atoms with E-state index in [1.54, 1.807) is 0 Å². The first-order valence-corrected chi connectivity index (χ1v) is 4.90. The first kappa shape index (κ1) is 8.79. The summed E-state index contributed by atoms with van der Waals surface area (Å²) in [4.78, 5) is 10.8. The molecule has 0 amide bonds. The molecular weight excluding hydrogens is 164 g/mol. The molecule has 0 heterocycles. The van der Waals surface area contributed by atoms with Gasteiger partial charge in [0.1, 0.15) is 5.76 Å². The molecule has 3 aliphatic carbocycles. The summed E-state index contributed by atoms with van der Waals surface area (Å²) >= 11 is 0. The second-order valence-electron chi connectivity index (χ2n) is 4.74. The standard InChI is InChI=1S/C11H16O2/c1-7(12)13-10-5-4-8-6-9(10)11(8,2)3/h5,8-9H,4,6H2,1-3H3/t8-,9+/m0/s1. The number of hydrogen-bond donors (Lipinski definition) is 0. The lowest BCUT2D eigenvalue weighted by molar-refractivity contribution is -0.142. The van der Waals surface area contributed by atoms with Crippen LogP contribution in [0.5, 0.6) is 0 Å². The Morgan fingerprint density at radius 1 is 1.62 bits per heavy atom. The van der Waals surface area contributed by atoms with Crippen molar-refractivity contribution < 1.29 is 9.53 Å². The lowest BCUT2D eigenvalue weighted by Crippen LogP contribution is -2.48. The molecule has 1 fully saturated rings. The maximum Gasteiger partial charge on any atom is 0.307 e. The van der Waals surface area contributed by atoms with E-state index in [0.29, 0.717) is 11.3 Å². The highest BCUT2D eigenvalue weighted by Gasteiger charge is 2.52. The summed E-state index contributed by atoms with van der Waals surface area (Å²) < 4.78 is 5.20. The van der Waals surface area contributed by atoms with Gasteiger partial charge in [0.05, 0.1) is 0 Å². The molecule has 0 spiro atoms. The van der Waals surface area contributed by atoms with Crippen molar-refractivity contribution in [3.63, 3.8) is 0 Å². The van der Waals surface area contributed by atoms with Gasteiger partial charge in [-0.1, -0.05) is 13.8 Å². The number of hydrogen-bond acceptors (Lipinski definition) is 2. The smallest absolute Gasteiger partial charge is 0.307 e. The largest absolute Gasteiger partial charge is 0.431 e. The number of esters is 1. The predicted molar refractivity (Wildman–Crippen MR) is 49.8 cm³/mol. The molecule has 3 rings (SSSR count). The zero-order valence-corrected chi connectivity index (χ0v) is 8.46. The van der Waals surface area contributed by atoms with E-state index in [9.17, 15) is 4.79 Å². The highest BCUT2D eigenvalue weighted by Crippen LogP contribution is 2.59. The van der Waals surface area contributed by atoms with Gasteiger partial charge in [-0.2, -0.15) is 0 Å². The molecule has 0 saturated heterocycles. The van der Waals surface area contributed by atoms with Crippen LogP contribution in [0.15, 0.2) is 11.8 Å². The van der Waals surface area contributed by atoms with Gasteiger partial charge in [-0.15, -0.1) is 0 Å². The van der Waals surface area contributed by atoms with E-state index < -0.39 is 0 Å². The van der Waals surface area contributed by atoms with Gasteiger partial charge in [-0.3, -0.25) is 4.79 Å². The topological polar surface area (TPSA) is 26.3 Å². The van der Waals surface area contributed by atoms with Crippen LogP contribution < -0.4 is 0 Å². The Kier molecular flexibility index (Phi) is 1.76. The minimum Gasteiger partial charge on any atom is -0.431 e. The minimum atomic E-state index is -0.188. The van der Waals surface area contributed by atoms with Gasteiger partial charge in [0.15, 0.2) is 0 Å². The second kappa shape index (κ2) is 2.60. The summed E-state index contributed by atoms with van der Waals surface area (Å²) in [6, 6.07) is 0. The van der Waals surface area contributed by atoms with Crippen molar-refractivity contribution in [2.45, 2.75) is 33.6 Å². The molecule has 0 aliphatic heterocycles. The SMILES string of the molecule is CC(=O)OC1=CC[C@H]2C[C@H]1C2(C)C. The summed E-state index contributed by atoms with van der Waals surface area (Å²) in [5.74, 6) is 2.01. The fourth-order valence-corrected chi connectivity index (χ4v) is 2.58. The normalized spacial score (nSPS) is 34.5. The Morgan fingerprint density at radius 2 is 2.31 bits per heavy atom. The minimum absolute atomic E-state index is 0.188. The van der Waals surface area contributed by atoms with Crippen molar-refractivity contribution in [2.24, 2.45) is 17.3 Å². The van der Waals surface area contributed by atoms with Gasteiger partial charge in [0.25, 0.3) is 0 Å². The zero-order valence-electron chi connectivity index (χ0n) is 8.46. The maximum atomic E-state index is 10.8. The van der Waals surface area contributed by atoms with Crippen LogP contribution in [0.4, 0.5) is 0 Å². The Hall–Kier alpha value is -0.790. The van der Waals surface area contributed by atoms with Gasteiger partial charge in [-0.05, 0) is 30.3 Å². The molecular formula is C11H16O2. The van der Waals surface area contributed by atoms with E-state index in [1.807, 2.05) is 0 Å². The molecule has 2 heteroatoms. The molecule has 0 aromatic rings. The Bertz CT molecular complexity index is 276. The Labute approximate surface area is 79.0 Å². The van der Waals surface area contributed by atoms with Crippen molar-refractivity contribution in [3.8, 4) is 0 Å². The Morgan fingerprint density at radius 3 is 2.77 bits per heavy atom. The predicted octanol–water partition coefficient (Wildman–Crippen LogP) is 2.50. The highest BCUT2D eigenvalue weighted by atomic mass is 16.5. The number of carbonyl (C=O) groups excluding carboxylic acids is 1. The summed E-state index contributed by atoms with van der Waals surface area (Å²) in [7, 11) is 0. The van der Waals surface area contributed by atoms with E-state index in [4.69, 9.17) is 4.74 Å². The molecule has 2 atom stereocenters. The van der Waals surface area contributed by atoms with Gasteiger partial charge in [0.2, 0.25) is 0 Å². The third-order valence-corrected chi connectivity index (χ3v) is 3.68. The number of ether oxygens (including phenoxy) is 1. The second-order valence-corrected chi connectivity index (χ2v) is 4.74. The number of fused-ring (bicyclic) bond motifs is 1. The average Bonchev–Trinajstić information content (AvgIpc) is 2.03. The van der Waals surface area contributed by atoms with Gasteiger partial charge in [0, 0.05) is 12.8 Å². The van der Waals surface area contributed by atoms with Gasteiger partial charge < -0.3 is 4.74 Å². The molecule has 0 radical (unpaired) electrons. The molecule has 72 valence electrons. The van der Waals surface area contributed by atoms with Crippen molar-refractivity contribution in [1.29, 1.82) is 0 Å². The monoisotopic (exact) mass is 180 g/mol. The quantitative estimate of drug-likeness (QED) is 0.579. The number of rotatable bonds is 1. The number of allylic oxidation sites excluding steroid dienone is 2. The maximum absolute atomic E-state index is 10.8. The molecule has 1 saturated carbocycles. The summed E-state index contributed by atoms with van der Waals surface area (Å²) in [6.45, 7) is 6.00. The first-order chi connectivity index (χ1) is 6.01. The van der Waals surface area contributed by atoms with E-state index in [-0.39, 0.29) is 5.97 Å². The van der Waals surface area contributed by atoms with Crippen molar-refractivity contribution >= 4 is 5.97 Å². The lowest BCUT2D eigenvalue weighted by atomic mass is 9.50. The fraction of sp³-hybridized carbons (Fsp3) is 0.727. The molecule has 13 heavy (non-hydrogen) atoms. The summed E-state index contributed by atoms with van der Waals surface area (Å²) in [5.41, 5.74) is 0.347. The van der Waals surface area contributed by atoms with Crippen LogP contribution in [0.25, 0.3) is 0 Å². The van der Waals surface area contributed by atoms with Crippen molar-refractivity contribution in [1.82, 2.24) is 0 Å². The Balaban J connectivity index is 2.14. The third-order valence-electron chi connectivity index (χ3n) is 3.68. The van der Waals surface area contributed by atoms with Crippen LogP contribution in [0.3, 0.4) is 0 Å².